The molecule has 11 heavy (non-hydrogen) atoms. The maximum Gasteiger partial charge on any atom is 0.221 e. The zero-order chi connectivity index (χ0) is 8.69. The van der Waals surface area contributed by atoms with Gasteiger partial charge in [0.2, 0.25) is 5.24 Å². The van der Waals surface area contributed by atoms with Crippen molar-refractivity contribution in [3.63, 3.8) is 0 Å². The van der Waals surface area contributed by atoms with Crippen molar-refractivity contribution in [3.8, 4) is 0 Å². The first-order chi connectivity index (χ1) is 5.13. The number of hydrogen-bond donors (Lipinski definition) is 0. The Bertz CT molecular complexity index is 110. The molecule has 0 heterocycles. The van der Waals surface area contributed by atoms with E-state index in [2.05, 4.69) is 13.8 Å². The number of halogens is 1. The number of carbonyl (C=O) groups excluding carboxylic acids is 1. The first-order valence-corrected chi connectivity index (χ1v) is 4.69. The molecule has 2 heteroatoms. The lowest BCUT2D eigenvalue weighted by Crippen LogP contribution is -1.89. The van der Waals surface area contributed by atoms with E-state index in [0.29, 0.717) is 6.42 Å². The molecule has 1 nitrogen and oxygen atoms in total. The maximum atomic E-state index is 10.3. The monoisotopic (exact) mass is 176 g/mol. The molecule has 0 spiro atoms. The Morgan fingerprint density at radius 2 is 1.91 bits per heavy atom. The molecule has 0 radical (unpaired) electrons. The molecule has 0 N–H and O–H groups in total. The zero-order valence-electron chi connectivity index (χ0n) is 7.40. The fourth-order valence-corrected chi connectivity index (χ4v) is 1.13. The highest BCUT2D eigenvalue weighted by Gasteiger charge is 1.97. The maximum absolute atomic E-state index is 10.3. The van der Waals surface area contributed by atoms with Crippen LogP contribution in [-0.2, 0) is 4.79 Å². The molecule has 0 rings (SSSR count). The van der Waals surface area contributed by atoms with E-state index >= 15 is 0 Å². The van der Waals surface area contributed by atoms with Crippen LogP contribution < -0.4 is 0 Å². The van der Waals surface area contributed by atoms with Crippen molar-refractivity contribution in [2.24, 2.45) is 5.92 Å². The van der Waals surface area contributed by atoms with Crippen LogP contribution in [0.3, 0.4) is 0 Å². The Balaban J connectivity index is 2.97. The topological polar surface area (TPSA) is 17.1 Å². The van der Waals surface area contributed by atoms with Crippen molar-refractivity contribution in [2.75, 3.05) is 0 Å². The summed E-state index contributed by atoms with van der Waals surface area (Å²) in [6.07, 6.45) is 5.11. The molecular formula is C9H17ClO. The normalized spacial score (nSPS) is 10.5. The molecule has 0 saturated carbocycles. The lowest BCUT2D eigenvalue weighted by molar-refractivity contribution is -0.111. The van der Waals surface area contributed by atoms with Crippen molar-refractivity contribution in [2.45, 2.75) is 46.0 Å². The minimum absolute atomic E-state index is 0.199. The van der Waals surface area contributed by atoms with E-state index in [4.69, 9.17) is 11.6 Å². The van der Waals surface area contributed by atoms with Gasteiger partial charge in [0.15, 0.2) is 0 Å². The van der Waals surface area contributed by atoms with E-state index in [-0.39, 0.29) is 5.24 Å². The van der Waals surface area contributed by atoms with Gasteiger partial charge in [-0.25, -0.2) is 0 Å². The third kappa shape index (κ3) is 9.96. The predicted molar refractivity (Wildman–Crippen MR) is 48.8 cm³/mol. The van der Waals surface area contributed by atoms with Gasteiger partial charge in [-0.05, 0) is 23.9 Å². The quantitative estimate of drug-likeness (QED) is 0.448. The molecule has 0 aliphatic rings. The zero-order valence-corrected chi connectivity index (χ0v) is 8.16. The fourth-order valence-electron chi connectivity index (χ4n) is 0.993. The second-order valence-electron chi connectivity index (χ2n) is 3.35. The Labute approximate surface area is 74.1 Å². The highest BCUT2D eigenvalue weighted by atomic mass is 35.5. The molecule has 0 aromatic heterocycles. The number of hydrogen-bond acceptors (Lipinski definition) is 1. The standard InChI is InChI=1S/C9H17ClO/c1-8(2)6-4-3-5-7-9(10)11/h8H,3-7H2,1-2H3. The third-order valence-electron chi connectivity index (χ3n) is 1.65. The molecule has 0 atom stereocenters. The van der Waals surface area contributed by atoms with Crippen molar-refractivity contribution in [3.05, 3.63) is 0 Å². The smallest absolute Gasteiger partial charge is 0.221 e. The Kier molecular flexibility index (Phi) is 6.63. The van der Waals surface area contributed by atoms with Crippen LogP contribution in [0.25, 0.3) is 0 Å². The molecule has 66 valence electrons. The summed E-state index contributed by atoms with van der Waals surface area (Å²) in [7, 11) is 0. The summed E-state index contributed by atoms with van der Waals surface area (Å²) in [6.45, 7) is 4.43. The van der Waals surface area contributed by atoms with Gasteiger partial charge in [0.1, 0.15) is 0 Å². The second kappa shape index (κ2) is 6.66. The van der Waals surface area contributed by atoms with Crippen LogP contribution in [0.4, 0.5) is 0 Å². The van der Waals surface area contributed by atoms with Gasteiger partial charge in [0.05, 0.1) is 0 Å². The predicted octanol–water partition coefficient (Wildman–Crippen LogP) is 3.36. The average molecular weight is 177 g/mol. The molecule has 0 unspecified atom stereocenters. The fraction of sp³-hybridized carbons (Fsp3) is 0.889. The molecule has 0 aromatic rings. The van der Waals surface area contributed by atoms with Gasteiger partial charge in [-0.1, -0.05) is 33.1 Å². The molecule has 0 fully saturated rings. The average Bonchev–Trinajstić information content (AvgIpc) is 1.85. The van der Waals surface area contributed by atoms with Gasteiger partial charge in [-0.2, -0.15) is 0 Å². The van der Waals surface area contributed by atoms with Gasteiger partial charge in [0.25, 0.3) is 0 Å². The van der Waals surface area contributed by atoms with Crippen LogP contribution in [0.5, 0.6) is 0 Å². The van der Waals surface area contributed by atoms with Gasteiger partial charge in [-0.3, -0.25) is 4.79 Å². The van der Waals surface area contributed by atoms with Crippen molar-refractivity contribution < 1.29 is 4.79 Å². The summed E-state index contributed by atoms with van der Waals surface area (Å²) in [4.78, 5) is 10.3. The van der Waals surface area contributed by atoms with Crippen LogP contribution in [0.15, 0.2) is 0 Å². The van der Waals surface area contributed by atoms with E-state index in [0.717, 1.165) is 18.8 Å². The van der Waals surface area contributed by atoms with E-state index < -0.39 is 0 Å². The van der Waals surface area contributed by atoms with Crippen LogP contribution in [-0.4, -0.2) is 5.24 Å². The van der Waals surface area contributed by atoms with Gasteiger partial charge in [0, 0.05) is 6.42 Å². The van der Waals surface area contributed by atoms with Crippen molar-refractivity contribution in [1.29, 1.82) is 0 Å². The van der Waals surface area contributed by atoms with Gasteiger partial charge >= 0.3 is 0 Å². The Hall–Kier alpha value is -0.0400. The minimum Gasteiger partial charge on any atom is -0.281 e. The summed E-state index contributed by atoms with van der Waals surface area (Å²) in [5.74, 6) is 0.779. The summed E-state index contributed by atoms with van der Waals surface area (Å²) >= 11 is 5.18. The Morgan fingerprint density at radius 3 is 2.36 bits per heavy atom. The van der Waals surface area contributed by atoms with E-state index in [1.807, 2.05) is 0 Å². The SMILES string of the molecule is CC(C)CCCCCC(=O)Cl. The van der Waals surface area contributed by atoms with Crippen LogP contribution in [0.2, 0.25) is 0 Å². The van der Waals surface area contributed by atoms with E-state index in [1.165, 1.54) is 12.8 Å². The molecule has 0 aliphatic heterocycles. The molecule has 0 aromatic carbocycles. The first kappa shape index (κ1) is 11.0. The third-order valence-corrected chi connectivity index (χ3v) is 1.84. The largest absolute Gasteiger partial charge is 0.281 e. The summed E-state index contributed by atoms with van der Waals surface area (Å²) in [5, 5.41) is -0.199. The first-order valence-electron chi connectivity index (χ1n) is 4.31. The second-order valence-corrected chi connectivity index (χ2v) is 3.77. The molecular weight excluding hydrogens is 160 g/mol. The number of rotatable bonds is 6. The number of unbranched alkanes of at least 4 members (excludes halogenated alkanes) is 2. The molecule has 0 saturated heterocycles. The lowest BCUT2D eigenvalue weighted by Gasteiger charge is -2.02. The van der Waals surface area contributed by atoms with Gasteiger partial charge < -0.3 is 0 Å². The lowest BCUT2D eigenvalue weighted by atomic mass is 10.0. The van der Waals surface area contributed by atoms with Crippen molar-refractivity contribution in [1.82, 2.24) is 0 Å². The van der Waals surface area contributed by atoms with E-state index in [1.54, 1.807) is 0 Å². The van der Waals surface area contributed by atoms with Crippen LogP contribution in [0, 0.1) is 5.92 Å². The van der Waals surface area contributed by atoms with Crippen LogP contribution >= 0.6 is 11.6 Å². The summed E-state index contributed by atoms with van der Waals surface area (Å²) in [5.41, 5.74) is 0. The number of carbonyl (C=O) groups is 1. The van der Waals surface area contributed by atoms with Gasteiger partial charge in [-0.15, -0.1) is 0 Å². The summed E-state index contributed by atoms with van der Waals surface area (Å²) < 4.78 is 0. The van der Waals surface area contributed by atoms with Crippen molar-refractivity contribution >= 4 is 16.8 Å². The molecule has 0 aliphatic carbocycles. The molecule has 0 bridgehead atoms. The summed E-state index contributed by atoms with van der Waals surface area (Å²) in [6, 6.07) is 0. The molecule has 0 amide bonds. The minimum atomic E-state index is -0.199. The van der Waals surface area contributed by atoms with E-state index in [9.17, 15) is 4.79 Å². The highest BCUT2D eigenvalue weighted by molar-refractivity contribution is 6.63. The van der Waals surface area contributed by atoms with Crippen LogP contribution in [0.1, 0.15) is 46.0 Å². The Morgan fingerprint density at radius 1 is 1.27 bits per heavy atom. The highest BCUT2D eigenvalue weighted by Crippen LogP contribution is 2.09.